The monoisotopic (exact) mass is 292 g/mol. The zero-order valence-corrected chi connectivity index (χ0v) is 10.4. The predicted octanol–water partition coefficient (Wildman–Crippen LogP) is -1.06. The van der Waals surface area contributed by atoms with Crippen molar-refractivity contribution in [3.05, 3.63) is 40.8 Å². The van der Waals surface area contributed by atoms with Crippen molar-refractivity contribution in [2.45, 2.75) is 0 Å². The van der Waals surface area contributed by atoms with E-state index in [4.69, 9.17) is 11.5 Å². The molecule has 0 spiro atoms. The van der Waals surface area contributed by atoms with Crippen LogP contribution in [0.15, 0.2) is 23.6 Å². The maximum absolute atomic E-state index is 12.2. The van der Waals surface area contributed by atoms with Crippen LogP contribution in [-0.2, 0) is 0 Å². The van der Waals surface area contributed by atoms with E-state index >= 15 is 0 Å². The Hall–Kier alpha value is -3.37. The van der Waals surface area contributed by atoms with Gasteiger partial charge >= 0.3 is 0 Å². The molecule has 3 heterocycles. The lowest BCUT2D eigenvalue weighted by atomic mass is 10.4. The molecule has 11 heteroatoms. The van der Waals surface area contributed by atoms with Crippen molar-refractivity contribution in [2.24, 2.45) is 5.73 Å². The lowest BCUT2D eigenvalue weighted by Crippen LogP contribution is -2.25. The minimum Gasteiger partial charge on any atom is -0.382 e. The fourth-order valence-corrected chi connectivity index (χ4v) is 1.33. The standard InChI is InChI=1S/C5H4FN3O2.C5H5N5/c6-2-1-8-5(11)3(9-2)4(7)10;6-4-3-5(9-1-7-3)10-2-8-4/h1H,(H2,7,10)(H,8,11);1-2H,(H3,6,7,8,9,10). The van der Waals surface area contributed by atoms with Gasteiger partial charge in [0.2, 0.25) is 5.95 Å². The normalized spacial score (nSPS) is 9.95. The number of rotatable bonds is 1. The van der Waals surface area contributed by atoms with Crippen molar-refractivity contribution in [1.29, 1.82) is 0 Å². The average molecular weight is 292 g/mol. The van der Waals surface area contributed by atoms with Crippen molar-refractivity contribution >= 4 is 22.9 Å². The number of nitrogen functional groups attached to an aromatic ring is 1. The average Bonchev–Trinajstić information content (AvgIpc) is 2.92. The number of carbonyl (C=O) groups is 1. The number of halogens is 1. The molecule has 108 valence electrons. The number of hydrogen-bond donors (Lipinski definition) is 4. The molecule has 3 aromatic rings. The zero-order chi connectivity index (χ0) is 15.4. The Kier molecular flexibility index (Phi) is 3.83. The van der Waals surface area contributed by atoms with Crippen LogP contribution in [0.2, 0.25) is 0 Å². The molecule has 10 nitrogen and oxygen atoms in total. The van der Waals surface area contributed by atoms with E-state index in [1.54, 1.807) is 0 Å². The molecule has 1 amide bonds. The molecule has 0 fully saturated rings. The Bertz CT molecular complexity index is 842. The number of H-pyrrole nitrogens is 2. The Morgan fingerprint density at radius 3 is 2.62 bits per heavy atom. The molecule has 0 saturated heterocycles. The van der Waals surface area contributed by atoms with Gasteiger partial charge in [0.15, 0.2) is 17.2 Å². The van der Waals surface area contributed by atoms with E-state index in [0.717, 1.165) is 6.20 Å². The maximum Gasteiger partial charge on any atom is 0.279 e. The highest BCUT2D eigenvalue weighted by atomic mass is 19.1. The van der Waals surface area contributed by atoms with Gasteiger partial charge in [0, 0.05) is 0 Å². The second kappa shape index (κ2) is 5.73. The third-order valence-corrected chi connectivity index (χ3v) is 2.24. The predicted molar refractivity (Wildman–Crippen MR) is 69.4 cm³/mol. The van der Waals surface area contributed by atoms with Gasteiger partial charge in [0.1, 0.15) is 11.8 Å². The number of aromatic nitrogens is 6. The summed E-state index contributed by atoms with van der Waals surface area (Å²) >= 11 is 0. The van der Waals surface area contributed by atoms with Crippen LogP contribution in [0.5, 0.6) is 0 Å². The van der Waals surface area contributed by atoms with E-state index in [1.165, 1.54) is 12.7 Å². The van der Waals surface area contributed by atoms with Crippen LogP contribution >= 0.6 is 0 Å². The molecule has 0 aromatic carbocycles. The Morgan fingerprint density at radius 1 is 1.24 bits per heavy atom. The van der Waals surface area contributed by atoms with Crippen LogP contribution < -0.4 is 17.0 Å². The van der Waals surface area contributed by atoms with E-state index in [9.17, 15) is 14.0 Å². The van der Waals surface area contributed by atoms with Gasteiger partial charge in [-0.25, -0.2) is 19.9 Å². The van der Waals surface area contributed by atoms with E-state index in [0.29, 0.717) is 17.0 Å². The summed E-state index contributed by atoms with van der Waals surface area (Å²) < 4.78 is 12.2. The lowest BCUT2D eigenvalue weighted by Gasteiger charge is -1.91. The number of imidazole rings is 1. The van der Waals surface area contributed by atoms with Gasteiger partial charge in [0.05, 0.1) is 12.5 Å². The summed E-state index contributed by atoms with van der Waals surface area (Å²) in [5.74, 6) is -1.56. The van der Waals surface area contributed by atoms with Crippen LogP contribution in [0.1, 0.15) is 10.5 Å². The third kappa shape index (κ3) is 3.15. The number of nitrogens with two attached hydrogens (primary N) is 2. The minimum absolute atomic E-state index is 0.433. The molecule has 0 aliphatic carbocycles. The number of carbonyl (C=O) groups excluding carboxylic acids is 1. The van der Waals surface area contributed by atoms with E-state index in [1.807, 2.05) is 4.98 Å². The van der Waals surface area contributed by atoms with Crippen LogP contribution in [0.4, 0.5) is 10.2 Å². The Balaban J connectivity index is 0.000000154. The van der Waals surface area contributed by atoms with Gasteiger partial charge in [-0.2, -0.15) is 4.39 Å². The fourth-order valence-electron chi connectivity index (χ4n) is 1.33. The summed E-state index contributed by atoms with van der Waals surface area (Å²) in [6.45, 7) is 0. The number of anilines is 1. The largest absolute Gasteiger partial charge is 0.382 e. The molecule has 6 N–H and O–H groups in total. The van der Waals surface area contributed by atoms with Gasteiger partial charge < -0.3 is 21.4 Å². The molecule has 0 aliphatic rings. The first-order chi connectivity index (χ1) is 9.99. The molecule has 0 unspecified atom stereocenters. The van der Waals surface area contributed by atoms with E-state index in [2.05, 4.69) is 24.9 Å². The SMILES string of the molecule is NC(=O)c1nc(F)c[nH]c1=O.Nc1ncnc2nc[nH]c12. The Morgan fingerprint density at radius 2 is 2.00 bits per heavy atom. The van der Waals surface area contributed by atoms with Gasteiger partial charge in [-0.3, -0.25) is 9.59 Å². The number of nitrogens with one attached hydrogen (secondary N) is 2. The summed E-state index contributed by atoms with van der Waals surface area (Å²) in [6, 6.07) is 0. The molecular weight excluding hydrogens is 283 g/mol. The van der Waals surface area contributed by atoms with Gasteiger partial charge in [-0.15, -0.1) is 0 Å². The highest BCUT2D eigenvalue weighted by Crippen LogP contribution is 2.09. The molecular formula is C10H9FN8O2. The molecule has 0 atom stereocenters. The maximum atomic E-state index is 12.2. The quantitative estimate of drug-likeness (QED) is 0.443. The summed E-state index contributed by atoms with van der Waals surface area (Å²) in [7, 11) is 0. The van der Waals surface area contributed by atoms with Crippen molar-refractivity contribution in [1.82, 2.24) is 29.9 Å². The second-order valence-corrected chi connectivity index (χ2v) is 3.63. The zero-order valence-electron chi connectivity index (χ0n) is 10.4. The van der Waals surface area contributed by atoms with Gasteiger partial charge in [-0.05, 0) is 0 Å². The molecule has 0 aliphatic heterocycles. The number of aromatic amines is 2. The third-order valence-electron chi connectivity index (χ3n) is 2.24. The van der Waals surface area contributed by atoms with Crippen LogP contribution in [0.25, 0.3) is 11.2 Å². The first-order valence-corrected chi connectivity index (χ1v) is 5.43. The van der Waals surface area contributed by atoms with Crippen LogP contribution in [0.3, 0.4) is 0 Å². The molecule has 0 bridgehead atoms. The van der Waals surface area contributed by atoms with Crippen LogP contribution in [0, 0.1) is 5.95 Å². The smallest absolute Gasteiger partial charge is 0.279 e. The van der Waals surface area contributed by atoms with Crippen molar-refractivity contribution in [2.75, 3.05) is 5.73 Å². The first-order valence-electron chi connectivity index (χ1n) is 5.43. The fraction of sp³-hybridized carbons (Fsp3) is 0. The topological polar surface area (TPSA) is 169 Å². The summed E-state index contributed by atoms with van der Waals surface area (Å²) in [5.41, 5.74) is 10.1. The number of fused-ring (bicyclic) bond motifs is 1. The summed E-state index contributed by atoms with van der Waals surface area (Å²) in [6.07, 6.45) is 3.67. The highest BCUT2D eigenvalue weighted by molar-refractivity contribution is 5.90. The molecule has 0 saturated carbocycles. The molecule has 3 rings (SSSR count). The van der Waals surface area contributed by atoms with Crippen molar-refractivity contribution in [3.63, 3.8) is 0 Å². The molecule has 0 radical (unpaired) electrons. The molecule has 3 aromatic heterocycles. The highest BCUT2D eigenvalue weighted by Gasteiger charge is 2.08. The van der Waals surface area contributed by atoms with Crippen LogP contribution in [-0.4, -0.2) is 35.8 Å². The lowest BCUT2D eigenvalue weighted by molar-refractivity contribution is 0.0992. The first kappa shape index (κ1) is 14.0. The van der Waals surface area contributed by atoms with Gasteiger partial charge in [-0.1, -0.05) is 0 Å². The second-order valence-electron chi connectivity index (χ2n) is 3.63. The number of amides is 1. The number of nitrogens with zero attached hydrogens (tertiary/aromatic N) is 4. The molecule has 21 heavy (non-hydrogen) atoms. The number of hydrogen-bond acceptors (Lipinski definition) is 7. The van der Waals surface area contributed by atoms with Crippen molar-refractivity contribution in [3.8, 4) is 0 Å². The summed E-state index contributed by atoms with van der Waals surface area (Å²) in [5, 5.41) is 0. The van der Waals surface area contributed by atoms with E-state index in [-0.39, 0.29) is 0 Å². The summed E-state index contributed by atoms with van der Waals surface area (Å²) in [4.78, 5) is 40.3. The van der Waals surface area contributed by atoms with Gasteiger partial charge in [0.25, 0.3) is 11.5 Å². The number of primary amides is 1. The minimum atomic E-state index is -1.05. The Labute approximate surface area is 115 Å². The van der Waals surface area contributed by atoms with E-state index < -0.39 is 23.1 Å². The van der Waals surface area contributed by atoms with Crippen molar-refractivity contribution < 1.29 is 9.18 Å².